The molecule has 8 heteroatoms. The molecule has 2 rings (SSSR count). The molecule has 174 valence electrons. The van der Waals surface area contributed by atoms with Crippen molar-refractivity contribution in [2.24, 2.45) is 0 Å². The number of ether oxygens (including phenoxy) is 2. The molecule has 0 unspecified atom stereocenters. The number of carbonyl (C=O) groups is 2. The number of nitrogens with one attached hydrogen (secondary N) is 1. The number of hydrogen-bond acceptors (Lipinski definition) is 4. The summed E-state index contributed by atoms with van der Waals surface area (Å²) in [5.41, 5.74) is 0.691. The van der Waals surface area contributed by atoms with Crippen molar-refractivity contribution in [1.82, 2.24) is 10.2 Å². The number of rotatable bonds is 11. The van der Waals surface area contributed by atoms with Crippen LogP contribution in [0.2, 0.25) is 10.0 Å². The second-order valence-corrected chi connectivity index (χ2v) is 8.28. The maximum absolute atomic E-state index is 13.3. The number of hydrogen-bond donors (Lipinski definition) is 1. The van der Waals surface area contributed by atoms with Gasteiger partial charge in [-0.05, 0) is 49.6 Å². The normalized spacial score (nSPS) is 12.6. The molecule has 0 saturated carbocycles. The predicted molar refractivity (Wildman–Crippen MR) is 127 cm³/mol. The van der Waals surface area contributed by atoms with Crippen molar-refractivity contribution in [3.63, 3.8) is 0 Å². The van der Waals surface area contributed by atoms with E-state index < -0.39 is 6.04 Å². The minimum Gasteiger partial charge on any atom is -0.493 e. The topological polar surface area (TPSA) is 67.9 Å². The number of methoxy groups -OCH3 is 1. The highest BCUT2D eigenvalue weighted by Crippen LogP contribution is 2.27. The molecular weight excluding hydrogens is 451 g/mol. The van der Waals surface area contributed by atoms with Crippen LogP contribution in [0.5, 0.6) is 11.5 Å². The van der Waals surface area contributed by atoms with E-state index in [2.05, 4.69) is 5.32 Å². The van der Waals surface area contributed by atoms with Gasteiger partial charge in [0.05, 0.1) is 7.11 Å². The molecule has 0 radical (unpaired) electrons. The standard InChI is InChI=1S/C24H30Cl2N2O4/c1-5-16(3)27-24(30)20(6-2)28(14-17-11-12-18(25)13-19(17)26)23(29)15-32-22-10-8-7-9-21(22)31-4/h7-13,16,20H,5-6,14-15H2,1-4H3,(H,27,30)/t16-,20-/m1/s1. The summed E-state index contributed by atoms with van der Waals surface area (Å²) in [5.74, 6) is 0.421. The zero-order valence-electron chi connectivity index (χ0n) is 18.9. The van der Waals surface area contributed by atoms with E-state index in [0.29, 0.717) is 33.5 Å². The molecule has 1 N–H and O–H groups in total. The summed E-state index contributed by atoms with van der Waals surface area (Å²) in [6.07, 6.45) is 1.23. The number of carbonyl (C=O) groups excluding carboxylic acids is 2. The summed E-state index contributed by atoms with van der Waals surface area (Å²) >= 11 is 12.4. The Bertz CT molecular complexity index is 923. The van der Waals surface area contributed by atoms with Gasteiger partial charge in [0.1, 0.15) is 6.04 Å². The van der Waals surface area contributed by atoms with Crippen LogP contribution < -0.4 is 14.8 Å². The molecule has 2 aromatic rings. The summed E-state index contributed by atoms with van der Waals surface area (Å²) in [5, 5.41) is 3.90. The van der Waals surface area contributed by atoms with Gasteiger partial charge in [-0.1, -0.05) is 55.2 Å². The first-order valence-electron chi connectivity index (χ1n) is 10.6. The van der Waals surface area contributed by atoms with E-state index in [1.54, 1.807) is 36.4 Å². The second-order valence-electron chi connectivity index (χ2n) is 7.44. The van der Waals surface area contributed by atoms with Gasteiger partial charge in [0.2, 0.25) is 5.91 Å². The van der Waals surface area contributed by atoms with Crippen LogP contribution in [0.25, 0.3) is 0 Å². The minimum atomic E-state index is -0.676. The van der Waals surface area contributed by atoms with Gasteiger partial charge < -0.3 is 19.7 Å². The molecule has 0 aliphatic carbocycles. The number of halogens is 2. The van der Waals surface area contributed by atoms with E-state index in [9.17, 15) is 9.59 Å². The van der Waals surface area contributed by atoms with E-state index >= 15 is 0 Å². The third-order valence-corrected chi connectivity index (χ3v) is 5.75. The lowest BCUT2D eigenvalue weighted by Gasteiger charge is -2.31. The molecule has 0 saturated heterocycles. The first kappa shape index (κ1) is 25.8. The Morgan fingerprint density at radius 1 is 1.06 bits per heavy atom. The molecule has 0 heterocycles. The average molecular weight is 481 g/mol. The third kappa shape index (κ3) is 7.04. The Hall–Kier alpha value is -2.44. The SMILES string of the molecule is CC[C@@H](C)NC(=O)[C@@H](CC)N(Cc1ccc(Cl)cc1Cl)C(=O)COc1ccccc1OC. The molecule has 2 amide bonds. The number of amides is 2. The fraction of sp³-hybridized carbons (Fsp3) is 0.417. The second kappa shape index (κ2) is 12.6. The van der Waals surface area contributed by atoms with Crippen molar-refractivity contribution in [2.45, 2.75) is 52.2 Å². The van der Waals surface area contributed by atoms with Crippen molar-refractivity contribution in [2.75, 3.05) is 13.7 Å². The van der Waals surface area contributed by atoms with Gasteiger partial charge in [-0.2, -0.15) is 0 Å². The quantitative estimate of drug-likeness (QED) is 0.485. The molecule has 0 bridgehead atoms. The summed E-state index contributed by atoms with van der Waals surface area (Å²) in [6.45, 7) is 5.68. The van der Waals surface area contributed by atoms with Crippen LogP contribution in [0.4, 0.5) is 0 Å². The van der Waals surface area contributed by atoms with Crippen LogP contribution in [0.1, 0.15) is 39.2 Å². The van der Waals surface area contributed by atoms with Crippen LogP contribution in [0.15, 0.2) is 42.5 Å². The maximum atomic E-state index is 13.3. The van der Waals surface area contributed by atoms with Crippen LogP contribution >= 0.6 is 23.2 Å². The number of nitrogens with zero attached hydrogens (tertiary/aromatic N) is 1. The van der Waals surface area contributed by atoms with E-state index in [4.69, 9.17) is 32.7 Å². The highest BCUT2D eigenvalue weighted by Gasteiger charge is 2.30. The molecule has 0 spiro atoms. The molecule has 32 heavy (non-hydrogen) atoms. The summed E-state index contributed by atoms with van der Waals surface area (Å²) in [4.78, 5) is 27.7. The zero-order valence-corrected chi connectivity index (χ0v) is 20.4. The maximum Gasteiger partial charge on any atom is 0.261 e. The van der Waals surface area contributed by atoms with Crippen LogP contribution in [0, 0.1) is 0 Å². The van der Waals surface area contributed by atoms with E-state index in [1.165, 1.54) is 12.0 Å². The van der Waals surface area contributed by atoms with Crippen LogP contribution in [-0.4, -0.2) is 42.5 Å². The molecule has 2 aromatic carbocycles. The van der Waals surface area contributed by atoms with Crippen molar-refractivity contribution >= 4 is 35.0 Å². The van der Waals surface area contributed by atoms with E-state index in [-0.39, 0.29) is 31.0 Å². The van der Waals surface area contributed by atoms with Crippen LogP contribution in [-0.2, 0) is 16.1 Å². The highest BCUT2D eigenvalue weighted by atomic mass is 35.5. The van der Waals surface area contributed by atoms with Crippen LogP contribution in [0.3, 0.4) is 0 Å². The van der Waals surface area contributed by atoms with Crippen molar-refractivity contribution in [1.29, 1.82) is 0 Å². The van der Waals surface area contributed by atoms with Gasteiger partial charge in [-0.25, -0.2) is 0 Å². The molecular formula is C24H30Cl2N2O4. The molecule has 0 aliphatic rings. The molecule has 0 aliphatic heterocycles. The first-order chi connectivity index (χ1) is 15.3. The highest BCUT2D eigenvalue weighted by molar-refractivity contribution is 6.35. The monoisotopic (exact) mass is 480 g/mol. The minimum absolute atomic E-state index is 0.00236. The van der Waals surface area contributed by atoms with Gasteiger partial charge in [-0.15, -0.1) is 0 Å². The fourth-order valence-corrected chi connectivity index (χ4v) is 3.62. The van der Waals surface area contributed by atoms with E-state index in [0.717, 1.165) is 6.42 Å². The van der Waals surface area contributed by atoms with E-state index in [1.807, 2.05) is 26.8 Å². The fourth-order valence-electron chi connectivity index (χ4n) is 3.15. The lowest BCUT2D eigenvalue weighted by atomic mass is 10.1. The Kier molecular flexibility index (Phi) is 10.1. The number of para-hydroxylation sites is 2. The first-order valence-corrected chi connectivity index (χ1v) is 11.4. The Morgan fingerprint density at radius 2 is 1.75 bits per heavy atom. The van der Waals surface area contributed by atoms with Gasteiger partial charge >= 0.3 is 0 Å². The Balaban J connectivity index is 2.28. The van der Waals surface area contributed by atoms with Gasteiger partial charge in [0.15, 0.2) is 18.1 Å². The summed E-state index contributed by atoms with van der Waals surface area (Å²) in [6, 6.07) is 11.5. The molecule has 2 atom stereocenters. The van der Waals surface area contributed by atoms with Crippen molar-refractivity contribution < 1.29 is 19.1 Å². The third-order valence-electron chi connectivity index (χ3n) is 5.16. The summed E-state index contributed by atoms with van der Waals surface area (Å²) < 4.78 is 11.0. The lowest BCUT2D eigenvalue weighted by Crippen LogP contribution is -2.51. The Labute approximate surface area is 199 Å². The number of benzene rings is 2. The summed E-state index contributed by atoms with van der Waals surface area (Å²) in [7, 11) is 1.53. The smallest absolute Gasteiger partial charge is 0.261 e. The van der Waals surface area contributed by atoms with Gasteiger partial charge in [0, 0.05) is 22.6 Å². The largest absolute Gasteiger partial charge is 0.493 e. The molecule has 0 fully saturated rings. The van der Waals surface area contributed by atoms with Gasteiger partial charge in [-0.3, -0.25) is 9.59 Å². The van der Waals surface area contributed by atoms with Crippen molar-refractivity contribution in [3.05, 3.63) is 58.1 Å². The van der Waals surface area contributed by atoms with Gasteiger partial charge in [0.25, 0.3) is 5.91 Å². The molecule has 0 aromatic heterocycles. The average Bonchev–Trinajstić information content (AvgIpc) is 2.78. The predicted octanol–water partition coefficient (Wildman–Crippen LogP) is 5.10. The van der Waals surface area contributed by atoms with Crippen molar-refractivity contribution in [3.8, 4) is 11.5 Å². The zero-order chi connectivity index (χ0) is 23.7. The Morgan fingerprint density at radius 3 is 2.34 bits per heavy atom. The molecule has 6 nitrogen and oxygen atoms in total. The lowest BCUT2D eigenvalue weighted by molar-refractivity contribution is -0.143.